The van der Waals surface area contributed by atoms with Crippen LogP contribution >= 0.6 is 0 Å². The van der Waals surface area contributed by atoms with Crippen LogP contribution in [-0.4, -0.2) is 26.8 Å². The summed E-state index contributed by atoms with van der Waals surface area (Å²) in [5, 5.41) is 16.8. The molecule has 0 radical (unpaired) electrons. The predicted octanol–water partition coefficient (Wildman–Crippen LogP) is 1.73. The van der Waals surface area contributed by atoms with Gasteiger partial charge in [-0.1, -0.05) is 12.1 Å². The highest BCUT2D eigenvalue weighted by atomic mass is 16.3. The van der Waals surface area contributed by atoms with Crippen molar-refractivity contribution in [3.05, 3.63) is 47.8 Å². The molecule has 21 heavy (non-hydrogen) atoms. The van der Waals surface area contributed by atoms with Crippen molar-refractivity contribution in [2.24, 2.45) is 7.05 Å². The summed E-state index contributed by atoms with van der Waals surface area (Å²) >= 11 is 0. The number of amides is 1. The zero-order valence-electron chi connectivity index (χ0n) is 12.0. The van der Waals surface area contributed by atoms with Gasteiger partial charge in [0.1, 0.15) is 5.75 Å². The van der Waals surface area contributed by atoms with Gasteiger partial charge in [-0.05, 0) is 36.6 Å². The zero-order chi connectivity index (χ0) is 14.8. The third-order valence-electron chi connectivity index (χ3n) is 3.80. The average molecular weight is 285 g/mol. The van der Waals surface area contributed by atoms with E-state index in [-0.39, 0.29) is 17.7 Å². The number of carbonyl (C=O) groups excluding carboxylic acids is 1. The van der Waals surface area contributed by atoms with Gasteiger partial charge in [0.25, 0.3) is 0 Å². The quantitative estimate of drug-likeness (QED) is 0.879. The van der Waals surface area contributed by atoms with Crippen LogP contribution < -0.4 is 5.32 Å². The molecule has 2 atom stereocenters. The Morgan fingerprint density at radius 2 is 2.33 bits per heavy atom. The molecule has 2 N–H and O–H groups in total. The first kappa shape index (κ1) is 13.7. The number of phenols is 1. The minimum Gasteiger partial charge on any atom is -0.508 e. The number of aryl methyl sites for hydroxylation is 2. The summed E-state index contributed by atoms with van der Waals surface area (Å²) in [5.74, 6) is 0.656. The Bertz CT molecular complexity index is 650. The molecule has 2 aromatic rings. The number of nitrogens with one attached hydrogen (secondary N) is 1. The first-order valence-electron chi connectivity index (χ1n) is 7.18. The van der Waals surface area contributed by atoms with Gasteiger partial charge < -0.3 is 10.4 Å². The van der Waals surface area contributed by atoms with Gasteiger partial charge in [-0.15, -0.1) is 0 Å². The Morgan fingerprint density at radius 3 is 3.05 bits per heavy atom. The molecule has 1 saturated carbocycles. The fourth-order valence-electron chi connectivity index (χ4n) is 2.56. The van der Waals surface area contributed by atoms with Crippen molar-refractivity contribution in [1.82, 2.24) is 15.1 Å². The van der Waals surface area contributed by atoms with Crippen LogP contribution in [0.3, 0.4) is 0 Å². The second-order valence-corrected chi connectivity index (χ2v) is 5.60. The largest absolute Gasteiger partial charge is 0.508 e. The van der Waals surface area contributed by atoms with Gasteiger partial charge in [-0.2, -0.15) is 5.10 Å². The Balaban J connectivity index is 1.45. The first-order valence-corrected chi connectivity index (χ1v) is 7.18. The van der Waals surface area contributed by atoms with E-state index in [2.05, 4.69) is 10.4 Å². The smallest absolute Gasteiger partial charge is 0.220 e. The monoisotopic (exact) mass is 285 g/mol. The van der Waals surface area contributed by atoms with Crippen molar-refractivity contribution in [3.63, 3.8) is 0 Å². The molecule has 0 bridgehead atoms. The van der Waals surface area contributed by atoms with Gasteiger partial charge in [-0.25, -0.2) is 0 Å². The maximum absolute atomic E-state index is 11.9. The molecule has 0 saturated heterocycles. The number of hydrogen-bond acceptors (Lipinski definition) is 3. The summed E-state index contributed by atoms with van der Waals surface area (Å²) in [5.41, 5.74) is 2.03. The molecule has 0 unspecified atom stereocenters. The molecule has 1 aromatic carbocycles. The van der Waals surface area contributed by atoms with Crippen molar-refractivity contribution in [2.75, 3.05) is 0 Å². The Kier molecular flexibility index (Phi) is 3.64. The van der Waals surface area contributed by atoms with E-state index in [1.165, 1.54) is 0 Å². The van der Waals surface area contributed by atoms with Crippen molar-refractivity contribution in [2.45, 2.75) is 31.2 Å². The van der Waals surface area contributed by atoms with Crippen LogP contribution in [0.2, 0.25) is 0 Å². The lowest BCUT2D eigenvalue weighted by Crippen LogP contribution is -2.26. The minimum absolute atomic E-state index is 0.0572. The molecule has 1 aromatic heterocycles. The van der Waals surface area contributed by atoms with Crippen LogP contribution in [0.25, 0.3) is 0 Å². The summed E-state index contributed by atoms with van der Waals surface area (Å²) in [4.78, 5) is 11.9. The lowest BCUT2D eigenvalue weighted by Gasteiger charge is -2.05. The van der Waals surface area contributed by atoms with Crippen LogP contribution in [-0.2, 0) is 18.3 Å². The predicted molar refractivity (Wildman–Crippen MR) is 78.9 cm³/mol. The van der Waals surface area contributed by atoms with Crippen molar-refractivity contribution in [1.29, 1.82) is 0 Å². The number of aromatic hydroxyl groups is 1. The molecule has 5 nitrogen and oxygen atoms in total. The minimum atomic E-state index is 0.0572. The van der Waals surface area contributed by atoms with Gasteiger partial charge in [0.05, 0.1) is 5.69 Å². The molecule has 5 heteroatoms. The second kappa shape index (κ2) is 5.60. The third kappa shape index (κ3) is 3.42. The molecule has 1 aliphatic carbocycles. The maximum atomic E-state index is 11.9. The van der Waals surface area contributed by atoms with Gasteiger partial charge in [0, 0.05) is 31.6 Å². The van der Waals surface area contributed by atoms with E-state index in [1.807, 2.05) is 25.4 Å². The molecular weight excluding hydrogens is 266 g/mol. The van der Waals surface area contributed by atoms with Crippen molar-refractivity contribution >= 4 is 5.91 Å². The molecule has 3 rings (SSSR count). The lowest BCUT2D eigenvalue weighted by atomic mass is 10.1. The van der Waals surface area contributed by atoms with E-state index < -0.39 is 0 Å². The highest BCUT2D eigenvalue weighted by Gasteiger charge is 2.40. The number of benzene rings is 1. The third-order valence-corrected chi connectivity index (χ3v) is 3.80. The van der Waals surface area contributed by atoms with E-state index >= 15 is 0 Å². The fourth-order valence-corrected chi connectivity index (χ4v) is 2.56. The van der Waals surface area contributed by atoms with Crippen LogP contribution in [0, 0.1) is 0 Å². The summed E-state index contributed by atoms with van der Waals surface area (Å²) in [7, 11) is 1.90. The molecule has 1 fully saturated rings. The number of rotatable bonds is 5. The number of aromatic nitrogens is 2. The highest BCUT2D eigenvalue weighted by molar-refractivity contribution is 5.77. The first-order chi connectivity index (χ1) is 10.1. The second-order valence-electron chi connectivity index (χ2n) is 5.60. The van der Waals surface area contributed by atoms with Gasteiger partial charge in [0.15, 0.2) is 0 Å². The molecule has 110 valence electrons. The standard InChI is InChI=1S/C16H19N3O2/c1-19-8-7-14(18-19)13-10-15(13)17-16(21)6-5-11-3-2-4-12(20)9-11/h2-4,7-9,13,15,20H,5-6,10H2,1H3,(H,17,21)/t13-,15+/m0/s1. The van der Waals surface area contributed by atoms with Crippen LogP contribution in [0.15, 0.2) is 36.5 Å². The number of nitrogens with zero attached hydrogens (tertiary/aromatic N) is 2. The fraction of sp³-hybridized carbons (Fsp3) is 0.375. The van der Waals surface area contributed by atoms with Crippen LogP contribution in [0.1, 0.15) is 30.0 Å². The highest BCUT2D eigenvalue weighted by Crippen LogP contribution is 2.39. The Morgan fingerprint density at radius 1 is 1.48 bits per heavy atom. The summed E-state index contributed by atoms with van der Waals surface area (Å²) < 4.78 is 1.79. The van der Waals surface area contributed by atoms with E-state index in [4.69, 9.17) is 0 Å². The van der Waals surface area contributed by atoms with E-state index in [9.17, 15) is 9.90 Å². The number of phenolic OH excluding ortho intramolecular Hbond substituents is 1. The Hall–Kier alpha value is -2.30. The normalized spacial score (nSPS) is 20.2. The van der Waals surface area contributed by atoms with Crippen LogP contribution in [0.5, 0.6) is 5.75 Å². The summed E-state index contributed by atoms with van der Waals surface area (Å²) in [6.07, 6.45) is 3.97. The molecule has 0 aliphatic heterocycles. The molecule has 1 aliphatic rings. The lowest BCUT2D eigenvalue weighted by molar-refractivity contribution is -0.121. The summed E-state index contributed by atoms with van der Waals surface area (Å²) in [6.45, 7) is 0. The van der Waals surface area contributed by atoms with Gasteiger partial charge in [0.2, 0.25) is 5.91 Å². The number of hydrogen-bond donors (Lipinski definition) is 2. The SMILES string of the molecule is Cn1ccc([C@@H]2C[C@H]2NC(=O)CCc2cccc(O)c2)n1. The maximum Gasteiger partial charge on any atom is 0.220 e. The molecular formula is C16H19N3O2. The van der Waals surface area contributed by atoms with Crippen molar-refractivity contribution < 1.29 is 9.90 Å². The average Bonchev–Trinajstić information content (AvgIpc) is 3.07. The topological polar surface area (TPSA) is 67.2 Å². The molecule has 1 amide bonds. The zero-order valence-corrected chi connectivity index (χ0v) is 12.0. The van der Waals surface area contributed by atoms with Gasteiger partial charge >= 0.3 is 0 Å². The van der Waals surface area contributed by atoms with Gasteiger partial charge in [-0.3, -0.25) is 9.48 Å². The molecule has 0 spiro atoms. The number of carbonyl (C=O) groups is 1. The van der Waals surface area contributed by atoms with E-state index in [0.29, 0.717) is 18.8 Å². The molecule has 1 heterocycles. The Labute approximate surface area is 123 Å². The van der Waals surface area contributed by atoms with E-state index in [0.717, 1.165) is 17.7 Å². The summed E-state index contributed by atoms with van der Waals surface area (Å²) in [6, 6.07) is 9.26. The van der Waals surface area contributed by atoms with Crippen LogP contribution in [0.4, 0.5) is 0 Å². The van der Waals surface area contributed by atoms with E-state index in [1.54, 1.807) is 22.9 Å². The van der Waals surface area contributed by atoms with Crippen molar-refractivity contribution in [3.8, 4) is 5.75 Å².